The number of ether oxygens (including phenoxy) is 3. The summed E-state index contributed by atoms with van der Waals surface area (Å²) < 4.78 is 16.7. The van der Waals surface area contributed by atoms with Gasteiger partial charge in [-0.2, -0.15) is 0 Å². The number of hydrogen-bond acceptors (Lipinski definition) is 6. The van der Waals surface area contributed by atoms with E-state index in [2.05, 4.69) is 118 Å². The van der Waals surface area contributed by atoms with Gasteiger partial charge in [-0.3, -0.25) is 14.4 Å². The molecule has 0 rings (SSSR count). The first-order valence-electron chi connectivity index (χ1n) is 27.2. The van der Waals surface area contributed by atoms with Crippen molar-refractivity contribution in [1.29, 1.82) is 0 Å². The molecule has 0 amide bonds. The van der Waals surface area contributed by atoms with Crippen molar-refractivity contribution >= 4 is 17.9 Å². The van der Waals surface area contributed by atoms with Crippen LogP contribution in [-0.2, 0) is 28.6 Å². The zero-order valence-electron chi connectivity index (χ0n) is 42.9. The van der Waals surface area contributed by atoms with Crippen LogP contribution in [0.25, 0.3) is 0 Å². The van der Waals surface area contributed by atoms with Crippen LogP contribution in [0.5, 0.6) is 0 Å². The van der Waals surface area contributed by atoms with Gasteiger partial charge in [-0.1, -0.05) is 221 Å². The van der Waals surface area contributed by atoms with E-state index in [-0.39, 0.29) is 31.1 Å². The predicted octanol–water partition coefficient (Wildman–Crippen LogP) is 18.1. The van der Waals surface area contributed by atoms with Gasteiger partial charge in [0, 0.05) is 19.3 Å². The fraction of sp³-hybridized carbons (Fsp3) is 0.683. The molecule has 66 heavy (non-hydrogen) atoms. The lowest BCUT2D eigenvalue weighted by Crippen LogP contribution is -2.30. The Hall–Kier alpha value is -3.67. The average molecular weight is 917 g/mol. The van der Waals surface area contributed by atoms with Crippen LogP contribution in [0.1, 0.15) is 245 Å². The summed E-state index contributed by atoms with van der Waals surface area (Å²) in [4.78, 5) is 37.9. The Morgan fingerprint density at radius 1 is 0.318 bits per heavy atom. The van der Waals surface area contributed by atoms with Crippen molar-refractivity contribution in [2.45, 2.75) is 252 Å². The molecule has 376 valence electrons. The van der Waals surface area contributed by atoms with Gasteiger partial charge in [0.2, 0.25) is 0 Å². The van der Waals surface area contributed by atoms with E-state index >= 15 is 0 Å². The molecule has 0 aliphatic carbocycles. The molecule has 0 aromatic carbocycles. The van der Waals surface area contributed by atoms with Crippen LogP contribution >= 0.6 is 0 Å². The Balaban J connectivity index is 4.27. The minimum Gasteiger partial charge on any atom is -0.462 e. The maximum atomic E-state index is 12.8. The number of carbonyl (C=O) groups excluding carboxylic acids is 3. The number of unbranched alkanes of at least 4 members (excludes halogenated alkanes) is 21. The van der Waals surface area contributed by atoms with Crippen LogP contribution in [0.2, 0.25) is 0 Å². The molecule has 0 radical (unpaired) electrons. The van der Waals surface area contributed by atoms with Crippen molar-refractivity contribution < 1.29 is 28.6 Å². The molecule has 0 heterocycles. The van der Waals surface area contributed by atoms with E-state index in [1.807, 2.05) is 0 Å². The number of rotatable bonds is 48. The number of esters is 3. The third-order valence-corrected chi connectivity index (χ3v) is 11.3. The lowest BCUT2D eigenvalue weighted by atomic mass is 10.1. The Morgan fingerprint density at radius 2 is 0.591 bits per heavy atom. The molecule has 0 aromatic rings. The maximum absolute atomic E-state index is 12.8. The summed E-state index contributed by atoms with van der Waals surface area (Å²) in [7, 11) is 0. The molecule has 0 bridgehead atoms. The van der Waals surface area contributed by atoms with Crippen LogP contribution in [0.3, 0.4) is 0 Å². The Bertz CT molecular complexity index is 1330. The SMILES string of the molecule is CC/C=C\C/C=C\C/C=C\C/C=C\C/C=C\C/C=C\C/C=C\CCCCCCCC(=O)OCC(COC(=O)CCCCCCCCCC)OC(=O)CCCCCCC/C=C\CCCCCC. The number of allylic oxidation sites excluding steroid dienone is 16. The van der Waals surface area contributed by atoms with E-state index in [4.69, 9.17) is 14.2 Å². The van der Waals surface area contributed by atoms with E-state index in [9.17, 15) is 14.4 Å². The Kier molecular flexibility index (Phi) is 50.9. The minimum atomic E-state index is -0.787. The summed E-state index contributed by atoms with van der Waals surface area (Å²) in [5.74, 6) is -0.922. The molecule has 0 spiro atoms. The molecule has 1 atom stereocenters. The standard InChI is InChI=1S/C60H100O6/c1-4-7-10-13-16-19-21-23-24-25-26-27-28-29-30-31-32-33-34-35-36-38-39-41-44-47-50-53-59(62)65-56-57(55-64-58(61)52-49-46-43-18-15-12-9-6-3)66-60(63)54-51-48-45-42-40-37-22-20-17-14-11-8-5-2/h7,10,16,19-20,22-24,26-27,29-30,32-33,35-36,57H,4-6,8-9,11-15,17-18,21,25,28,31,34,37-56H2,1-3H3/b10-7-,19-16-,22-20-,24-23-,27-26-,30-29-,33-32-,36-35-. The lowest BCUT2D eigenvalue weighted by molar-refractivity contribution is -0.167. The molecule has 6 heteroatoms. The van der Waals surface area contributed by atoms with E-state index < -0.39 is 6.10 Å². The van der Waals surface area contributed by atoms with Gasteiger partial charge < -0.3 is 14.2 Å². The highest BCUT2D eigenvalue weighted by Gasteiger charge is 2.19. The summed E-state index contributed by atoms with van der Waals surface area (Å²) in [6.45, 7) is 6.45. The number of hydrogen-bond donors (Lipinski definition) is 0. The first-order chi connectivity index (χ1) is 32.5. The largest absolute Gasteiger partial charge is 0.462 e. The first-order valence-corrected chi connectivity index (χ1v) is 27.2. The molecular formula is C60H100O6. The molecule has 0 N–H and O–H groups in total. The highest BCUT2D eigenvalue weighted by atomic mass is 16.6. The topological polar surface area (TPSA) is 78.9 Å². The third-order valence-electron chi connectivity index (χ3n) is 11.3. The van der Waals surface area contributed by atoms with Crippen LogP contribution in [0, 0.1) is 0 Å². The minimum absolute atomic E-state index is 0.0865. The lowest BCUT2D eigenvalue weighted by Gasteiger charge is -2.18. The fourth-order valence-corrected chi connectivity index (χ4v) is 7.24. The second kappa shape index (κ2) is 53.9. The summed E-state index contributed by atoms with van der Waals surface area (Å²) in [6.07, 6.45) is 71.2. The monoisotopic (exact) mass is 917 g/mol. The summed E-state index contributed by atoms with van der Waals surface area (Å²) in [5.41, 5.74) is 0. The zero-order valence-corrected chi connectivity index (χ0v) is 42.9. The van der Waals surface area contributed by atoms with Crippen LogP contribution < -0.4 is 0 Å². The molecule has 0 saturated carbocycles. The van der Waals surface area contributed by atoms with E-state index in [1.54, 1.807) is 0 Å². The first kappa shape index (κ1) is 62.3. The van der Waals surface area contributed by atoms with Crippen molar-refractivity contribution in [1.82, 2.24) is 0 Å². The van der Waals surface area contributed by atoms with E-state index in [1.165, 1.54) is 70.6 Å². The van der Waals surface area contributed by atoms with Crippen LogP contribution in [0.4, 0.5) is 0 Å². The van der Waals surface area contributed by atoms with E-state index in [0.29, 0.717) is 19.3 Å². The normalized spacial score (nSPS) is 12.8. The van der Waals surface area contributed by atoms with Gasteiger partial charge >= 0.3 is 17.9 Å². The van der Waals surface area contributed by atoms with Crippen molar-refractivity contribution in [2.75, 3.05) is 13.2 Å². The molecule has 0 aliphatic rings. The molecule has 0 saturated heterocycles. The second-order valence-corrected chi connectivity index (χ2v) is 17.8. The third kappa shape index (κ3) is 51.3. The van der Waals surface area contributed by atoms with Crippen molar-refractivity contribution in [3.8, 4) is 0 Å². The van der Waals surface area contributed by atoms with Gasteiger partial charge in [0.15, 0.2) is 6.10 Å². The van der Waals surface area contributed by atoms with Crippen LogP contribution in [0.15, 0.2) is 97.2 Å². The molecular weight excluding hydrogens is 817 g/mol. The van der Waals surface area contributed by atoms with Crippen molar-refractivity contribution in [3.63, 3.8) is 0 Å². The molecule has 0 fully saturated rings. The van der Waals surface area contributed by atoms with Gasteiger partial charge in [0.25, 0.3) is 0 Å². The quantitative estimate of drug-likeness (QED) is 0.0262. The summed E-state index contributed by atoms with van der Waals surface area (Å²) >= 11 is 0. The highest BCUT2D eigenvalue weighted by Crippen LogP contribution is 2.14. The van der Waals surface area contributed by atoms with Gasteiger partial charge in [-0.25, -0.2) is 0 Å². The van der Waals surface area contributed by atoms with Crippen molar-refractivity contribution in [3.05, 3.63) is 97.2 Å². The maximum Gasteiger partial charge on any atom is 0.306 e. The predicted molar refractivity (Wildman–Crippen MR) is 284 cm³/mol. The Labute approximate surface area is 407 Å². The molecule has 0 aromatic heterocycles. The Morgan fingerprint density at radius 3 is 0.955 bits per heavy atom. The number of carbonyl (C=O) groups is 3. The van der Waals surface area contributed by atoms with Crippen LogP contribution in [-0.4, -0.2) is 37.2 Å². The molecule has 0 aliphatic heterocycles. The van der Waals surface area contributed by atoms with Gasteiger partial charge in [-0.15, -0.1) is 0 Å². The highest BCUT2D eigenvalue weighted by molar-refractivity contribution is 5.71. The van der Waals surface area contributed by atoms with Gasteiger partial charge in [-0.05, 0) is 103 Å². The summed E-state index contributed by atoms with van der Waals surface area (Å²) in [6, 6.07) is 0. The van der Waals surface area contributed by atoms with Crippen molar-refractivity contribution in [2.24, 2.45) is 0 Å². The fourth-order valence-electron chi connectivity index (χ4n) is 7.24. The molecule has 1 unspecified atom stereocenters. The van der Waals surface area contributed by atoms with Gasteiger partial charge in [0.1, 0.15) is 13.2 Å². The molecule has 6 nitrogen and oxygen atoms in total. The summed E-state index contributed by atoms with van der Waals surface area (Å²) in [5, 5.41) is 0. The van der Waals surface area contributed by atoms with Gasteiger partial charge in [0.05, 0.1) is 0 Å². The zero-order chi connectivity index (χ0) is 47.9. The van der Waals surface area contributed by atoms with E-state index in [0.717, 1.165) is 135 Å². The smallest absolute Gasteiger partial charge is 0.306 e. The average Bonchev–Trinajstić information content (AvgIpc) is 3.31. The second-order valence-electron chi connectivity index (χ2n) is 17.8.